The molecular formula is C26H22N2O. The number of fused-ring (bicyclic) bond motifs is 1. The van der Waals surface area contributed by atoms with Gasteiger partial charge in [0.2, 0.25) is 0 Å². The number of benzene rings is 3. The standard InChI is InChI=1S/C26H22N2O/c1-4-10-20(11-5-1)19-28-16-17-29-25-23(21-12-6-2-7-13-21)18-24(27-26(25)28)22-14-8-3-9-15-22/h1-15,18H,16-17,19H2. The molecule has 4 aromatic rings. The van der Waals surface area contributed by atoms with Crippen molar-refractivity contribution in [1.82, 2.24) is 4.98 Å². The van der Waals surface area contributed by atoms with Crippen molar-refractivity contribution in [2.24, 2.45) is 0 Å². The number of aromatic nitrogens is 1. The Labute approximate surface area is 171 Å². The first-order valence-corrected chi connectivity index (χ1v) is 9.96. The summed E-state index contributed by atoms with van der Waals surface area (Å²) in [5.41, 5.74) is 5.58. The molecule has 3 heteroatoms. The maximum atomic E-state index is 6.16. The predicted octanol–water partition coefficient (Wildman–Crippen LogP) is 5.81. The molecule has 0 saturated carbocycles. The maximum Gasteiger partial charge on any atom is 0.173 e. The van der Waals surface area contributed by atoms with Gasteiger partial charge in [-0.25, -0.2) is 4.98 Å². The highest BCUT2D eigenvalue weighted by molar-refractivity contribution is 5.82. The van der Waals surface area contributed by atoms with Gasteiger partial charge >= 0.3 is 0 Å². The molecule has 0 spiro atoms. The molecule has 0 radical (unpaired) electrons. The average molecular weight is 378 g/mol. The molecule has 0 saturated heterocycles. The fraction of sp³-hybridized carbons (Fsp3) is 0.115. The number of anilines is 1. The molecule has 0 N–H and O–H groups in total. The van der Waals surface area contributed by atoms with Gasteiger partial charge in [0.25, 0.3) is 0 Å². The summed E-state index contributed by atoms with van der Waals surface area (Å²) in [7, 11) is 0. The summed E-state index contributed by atoms with van der Waals surface area (Å²) in [6.45, 7) is 2.30. The molecule has 1 aliphatic rings. The van der Waals surface area contributed by atoms with Gasteiger partial charge < -0.3 is 9.64 Å². The Bertz CT molecular complexity index is 1100. The minimum Gasteiger partial charge on any atom is -0.487 e. The van der Waals surface area contributed by atoms with Gasteiger partial charge in [0.1, 0.15) is 6.61 Å². The van der Waals surface area contributed by atoms with E-state index >= 15 is 0 Å². The van der Waals surface area contributed by atoms with Crippen LogP contribution in [-0.4, -0.2) is 18.1 Å². The number of hydrogen-bond donors (Lipinski definition) is 0. The molecule has 142 valence electrons. The SMILES string of the molecule is c1ccc(CN2CCOc3c(-c4ccccc4)cc(-c4ccccc4)nc32)cc1. The molecule has 0 amide bonds. The van der Waals surface area contributed by atoms with E-state index in [0.717, 1.165) is 47.0 Å². The zero-order valence-corrected chi connectivity index (χ0v) is 16.2. The summed E-state index contributed by atoms with van der Waals surface area (Å²) in [5, 5.41) is 0. The molecule has 0 aliphatic carbocycles. The Kier molecular flexibility index (Phi) is 4.71. The molecule has 0 unspecified atom stereocenters. The third-order valence-corrected chi connectivity index (χ3v) is 5.23. The van der Waals surface area contributed by atoms with E-state index in [4.69, 9.17) is 9.72 Å². The lowest BCUT2D eigenvalue weighted by molar-refractivity contribution is 0.306. The van der Waals surface area contributed by atoms with Crippen LogP contribution in [-0.2, 0) is 6.54 Å². The molecule has 0 bridgehead atoms. The zero-order valence-electron chi connectivity index (χ0n) is 16.2. The van der Waals surface area contributed by atoms with Crippen LogP contribution in [0.5, 0.6) is 5.75 Å². The van der Waals surface area contributed by atoms with Gasteiger partial charge in [-0.1, -0.05) is 91.0 Å². The van der Waals surface area contributed by atoms with Gasteiger partial charge in [0.05, 0.1) is 12.2 Å². The van der Waals surface area contributed by atoms with Crippen molar-refractivity contribution >= 4 is 5.82 Å². The largest absolute Gasteiger partial charge is 0.487 e. The Morgan fingerprint density at radius 2 is 1.38 bits per heavy atom. The number of nitrogens with zero attached hydrogens (tertiary/aromatic N) is 2. The van der Waals surface area contributed by atoms with Crippen molar-refractivity contribution in [2.75, 3.05) is 18.1 Å². The first-order chi connectivity index (χ1) is 14.4. The molecule has 3 nitrogen and oxygen atoms in total. The molecule has 5 rings (SSSR count). The number of rotatable bonds is 4. The fourth-order valence-electron chi connectivity index (χ4n) is 3.79. The number of hydrogen-bond acceptors (Lipinski definition) is 3. The van der Waals surface area contributed by atoms with Gasteiger partial charge in [-0.05, 0) is 17.2 Å². The minimum absolute atomic E-state index is 0.659. The number of pyridine rings is 1. The van der Waals surface area contributed by atoms with E-state index in [1.165, 1.54) is 5.56 Å². The lowest BCUT2D eigenvalue weighted by atomic mass is 10.0. The van der Waals surface area contributed by atoms with Crippen LogP contribution in [0.15, 0.2) is 97.1 Å². The molecule has 0 fully saturated rings. The highest BCUT2D eigenvalue weighted by atomic mass is 16.5. The molecule has 2 heterocycles. The summed E-state index contributed by atoms with van der Waals surface area (Å²) in [5.74, 6) is 1.79. The van der Waals surface area contributed by atoms with Crippen molar-refractivity contribution in [3.8, 4) is 28.1 Å². The van der Waals surface area contributed by atoms with Gasteiger partial charge in [0.15, 0.2) is 11.6 Å². The summed E-state index contributed by atoms with van der Waals surface area (Å²) in [6.07, 6.45) is 0. The van der Waals surface area contributed by atoms with Crippen LogP contribution >= 0.6 is 0 Å². The van der Waals surface area contributed by atoms with E-state index in [-0.39, 0.29) is 0 Å². The molecular weight excluding hydrogens is 356 g/mol. The summed E-state index contributed by atoms with van der Waals surface area (Å²) >= 11 is 0. The van der Waals surface area contributed by atoms with Gasteiger partial charge in [-0.3, -0.25) is 0 Å². The Morgan fingerprint density at radius 3 is 2.07 bits per heavy atom. The highest BCUT2D eigenvalue weighted by Crippen LogP contribution is 2.42. The summed E-state index contributed by atoms with van der Waals surface area (Å²) in [4.78, 5) is 7.37. The second kappa shape index (κ2) is 7.80. The zero-order chi connectivity index (χ0) is 19.5. The van der Waals surface area contributed by atoms with Gasteiger partial charge in [0, 0.05) is 17.7 Å². The topological polar surface area (TPSA) is 25.4 Å². The third-order valence-electron chi connectivity index (χ3n) is 5.23. The lowest BCUT2D eigenvalue weighted by Gasteiger charge is -2.32. The fourth-order valence-corrected chi connectivity index (χ4v) is 3.79. The van der Waals surface area contributed by atoms with Crippen molar-refractivity contribution in [3.05, 3.63) is 103 Å². The molecule has 29 heavy (non-hydrogen) atoms. The van der Waals surface area contributed by atoms with Crippen LogP contribution in [0.3, 0.4) is 0 Å². The first kappa shape index (κ1) is 17.5. The summed E-state index contributed by atoms with van der Waals surface area (Å²) < 4.78 is 6.16. The number of ether oxygens (including phenoxy) is 1. The Morgan fingerprint density at radius 1 is 0.759 bits per heavy atom. The van der Waals surface area contributed by atoms with Crippen LogP contribution < -0.4 is 9.64 Å². The third kappa shape index (κ3) is 3.59. The highest BCUT2D eigenvalue weighted by Gasteiger charge is 2.25. The second-order valence-corrected chi connectivity index (χ2v) is 7.20. The second-order valence-electron chi connectivity index (χ2n) is 7.20. The van der Waals surface area contributed by atoms with Crippen LogP contribution in [0.25, 0.3) is 22.4 Å². The first-order valence-electron chi connectivity index (χ1n) is 9.96. The van der Waals surface area contributed by atoms with Gasteiger partial charge in [-0.2, -0.15) is 0 Å². The lowest BCUT2D eigenvalue weighted by Crippen LogP contribution is -2.33. The smallest absolute Gasteiger partial charge is 0.173 e. The molecule has 0 atom stereocenters. The van der Waals surface area contributed by atoms with Crippen LogP contribution in [0.1, 0.15) is 5.56 Å². The maximum absolute atomic E-state index is 6.16. The predicted molar refractivity (Wildman–Crippen MR) is 118 cm³/mol. The van der Waals surface area contributed by atoms with Crippen LogP contribution in [0.4, 0.5) is 5.82 Å². The molecule has 3 aromatic carbocycles. The van der Waals surface area contributed by atoms with E-state index in [9.17, 15) is 0 Å². The Hall–Kier alpha value is -3.59. The normalized spacial score (nSPS) is 12.9. The van der Waals surface area contributed by atoms with E-state index < -0.39 is 0 Å². The molecule has 1 aliphatic heterocycles. The van der Waals surface area contributed by atoms with Gasteiger partial charge in [-0.15, -0.1) is 0 Å². The van der Waals surface area contributed by atoms with Crippen molar-refractivity contribution in [3.63, 3.8) is 0 Å². The quantitative estimate of drug-likeness (QED) is 0.448. The summed E-state index contributed by atoms with van der Waals surface area (Å²) in [6, 6.07) is 33.5. The van der Waals surface area contributed by atoms with E-state index in [0.29, 0.717) is 6.61 Å². The Balaban J connectivity index is 1.66. The van der Waals surface area contributed by atoms with Crippen molar-refractivity contribution in [1.29, 1.82) is 0 Å². The van der Waals surface area contributed by atoms with Crippen molar-refractivity contribution < 1.29 is 4.74 Å². The van der Waals surface area contributed by atoms with Crippen LogP contribution in [0.2, 0.25) is 0 Å². The average Bonchev–Trinajstić information content (AvgIpc) is 2.80. The molecule has 1 aromatic heterocycles. The van der Waals surface area contributed by atoms with Crippen molar-refractivity contribution in [2.45, 2.75) is 6.54 Å². The minimum atomic E-state index is 0.659. The van der Waals surface area contributed by atoms with E-state index in [1.807, 2.05) is 12.1 Å². The van der Waals surface area contributed by atoms with E-state index in [2.05, 4.69) is 89.8 Å². The van der Waals surface area contributed by atoms with Crippen LogP contribution in [0, 0.1) is 0 Å². The van der Waals surface area contributed by atoms with E-state index in [1.54, 1.807) is 0 Å². The monoisotopic (exact) mass is 378 g/mol.